The molecule has 0 aliphatic carbocycles. The second kappa shape index (κ2) is 6.14. The number of benzene rings is 3. The maximum Gasteiger partial charge on any atom is 0.232 e. The SMILES string of the molecule is O=C(CCCl)N1c2ccccc2-c2ccccc2-c2ccccc21. The Balaban J connectivity index is 2.08. The average Bonchev–Trinajstić information content (AvgIpc) is 2.75. The summed E-state index contributed by atoms with van der Waals surface area (Å²) in [6.45, 7) is 0. The summed E-state index contributed by atoms with van der Waals surface area (Å²) in [6, 6.07) is 24.4. The molecule has 3 heteroatoms. The number of nitrogens with zero attached hydrogens (tertiary/aromatic N) is 1. The zero-order chi connectivity index (χ0) is 16.5. The first kappa shape index (κ1) is 15.0. The van der Waals surface area contributed by atoms with Crippen LogP contribution in [-0.2, 0) is 4.79 Å². The van der Waals surface area contributed by atoms with Crippen LogP contribution >= 0.6 is 11.6 Å². The molecule has 1 aliphatic rings. The summed E-state index contributed by atoms with van der Waals surface area (Å²) in [5.74, 6) is 0.324. The van der Waals surface area contributed by atoms with Gasteiger partial charge < -0.3 is 0 Å². The van der Waals surface area contributed by atoms with Crippen molar-refractivity contribution in [1.82, 2.24) is 0 Å². The standard InChI is InChI=1S/C21H16ClNO/c22-14-13-21(24)23-19-11-5-3-9-17(19)15-7-1-2-8-16(15)18-10-4-6-12-20(18)23/h1-12H,13-14H2. The molecule has 3 aromatic rings. The van der Waals surface area contributed by atoms with Crippen molar-refractivity contribution in [2.45, 2.75) is 6.42 Å². The molecule has 0 fully saturated rings. The molecule has 0 bridgehead atoms. The van der Waals surface area contributed by atoms with Gasteiger partial charge in [-0.2, -0.15) is 0 Å². The lowest BCUT2D eigenvalue weighted by Crippen LogP contribution is -2.26. The minimum Gasteiger partial charge on any atom is -0.280 e. The third-order valence-electron chi connectivity index (χ3n) is 4.36. The molecule has 0 atom stereocenters. The molecular weight excluding hydrogens is 318 g/mol. The van der Waals surface area contributed by atoms with E-state index < -0.39 is 0 Å². The van der Waals surface area contributed by atoms with E-state index in [9.17, 15) is 4.79 Å². The molecule has 1 amide bonds. The predicted octanol–water partition coefficient (Wildman–Crippen LogP) is 5.63. The first-order valence-electron chi connectivity index (χ1n) is 7.98. The molecule has 2 nitrogen and oxygen atoms in total. The van der Waals surface area contributed by atoms with Crippen LogP contribution in [0.4, 0.5) is 11.4 Å². The summed E-state index contributed by atoms with van der Waals surface area (Å²) in [7, 11) is 0. The van der Waals surface area contributed by atoms with Crippen LogP contribution in [0.25, 0.3) is 22.3 Å². The van der Waals surface area contributed by atoms with Crippen LogP contribution < -0.4 is 4.90 Å². The van der Waals surface area contributed by atoms with Crippen molar-refractivity contribution in [3.05, 3.63) is 72.8 Å². The minimum atomic E-state index is 0.0118. The van der Waals surface area contributed by atoms with E-state index in [0.717, 1.165) is 33.6 Å². The van der Waals surface area contributed by atoms with E-state index in [1.807, 2.05) is 53.4 Å². The molecule has 3 aromatic carbocycles. The van der Waals surface area contributed by atoms with E-state index in [4.69, 9.17) is 11.6 Å². The van der Waals surface area contributed by atoms with E-state index >= 15 is 0 Å². The highest BCUT2D eigenvalue weighted by Gasteiger charge is 2.27. The van der Waals surface area contributed by atoms with E-state index in [2.05, 4.69) is 24.3 Å². The van der Waals surface area contributed by atoms with Crippen LogP contribution in [0.3, 0.4) is 0 Å². The van der Waals surface area contributed by atoms with Crippen LogP contribution in [0.2, 0.25) is 0 Å². The lowest BCUT2D eigenvalue weighted by Gasteiger charge is -2.24. The zero-order valence-corrected chi connectivity index (χ0v) is 13.8. The highest BCUT2D eigenvalue weighted by Crippen LogP contribution is 2.47. The first-order chi connectivity index (χ1) is 11.8. The Morgan fingerprint density at radius 2 is 1.12 bits per heavy atom. The van der Waals surface area contributed by atoms with Crippen molar-refractivity contribution in [2.75, 3.05) is 10.8 Å². The van der Waals surface area contributed by atoms with Gasteiger partial charge in [-0.15, -0.1) is 11.6 Å². The summed E-state index contributed by atoms with van der Waals surface area (Å²) in [6.07, 6.45) is 0.306. The van der Waals surface area contributed by atoms with Crippen molar-refractivity contribution in [1.29, 1.82) is 0 Å². The molecule has 0 unspecified atom stereocenters. The summed E-state index contributed by atoms with van der Waals surface area (Å²) in [5.41, 5.74) is 6.22. The van der Waals surface area contributed by atoms with Crippen molar-refractivity contribution < 1.29 is 4.79 Å². The maximum absolute atomic E-state index is 12.9. The Bertz CT molecular complexity index is 852. The number of fused-ring (bicyclic) bond motifs is 5. The number of rotatable bonds is 2. The number of para-hydroxylation sites is 2. The minimum absolute atomic E-state index is 0.0118. The van der Waals surface area contributed by atoms with Gasteiger partial charge in [-0.25, -0.2) is 0 Å². The van der Waals surface area contributed by atoms with Crippen molar-refractivity contribution in [3.63, 3.8) is 0 Å². The summed E-state index contributed by atoms with van der Waals surface area (Å²) >= 11 is 5.85. The van der Waals surface area contributed by atoms with Crippen LogP contribution in [0.15, 0.2) is 72.8 Å². The van der Waals surface area contributed by atoms with E-state index in [1.54, 1.807) is 0 Å². The van der Waals surface area contributed by atoms with Gasteiger partial charge in [0, 0.05) is 23.4 Å². The third kappa shape index (κ3) is 2.31. The Morgan fingerprint density at radius 1 is 0.708 bits per heavy atom. The van der Waals surface area contributed by atoms with Crippen LogP contribution in [0.1, 0.15) is 6.42 Å². The number of halogens is 1. The Hall–Kier alpha value is -2.58. The van der Waals surface area contributed by atoms with Gasteiger partial charge in [-0.05, 0) is 23.3 Å². The fourth-order valence-corrected chi connectivity index (χ4v) is 3.50. The van der Waals surface area contributed by atoms with Crippen molar-refractivity contribution in [2.24, 2.45) is 0 Å². The van der Waals surface area contributed by atoms with E-state index in [0.29, 0.717) is 12.3 Å². The number of alkyl halides is 1. The molecular formula is C21H16ClNO. The van der Waals surface area contributed by atoms with Gasteiger partial charge in [0.05, 0.1) is 11.4 Å². The van der Waals surface area contributed by atoms with E-state index in [1.165, 1.54) is 0 Å². The van der Waals surface area contributed by atoms with Gasteiger partial charge in [0.2, 0.25) is 5.91 Å². The number of hydrogen-bond donors (Lipinski definition) is 0. The molecule has 118 valence electrons. The second-order valence-corrected chi connectivity index (χ2v) is 6.13. The average molecular weight is 334 g/mol. The van der Waals surface area contributed by atoms with Gasteiger partial charge in [0.25, 0.3) is 0 Å². The zero-order valence-electron chi connectivity index (χ0n) is 13.1. The first-order valence-corrected chi connectivity index (χ1v) is 8.51. The van der Waals surface area contributed by atoms with Gasteiger partial charge >= 0.3 is 0 Å². The van der Waals surface area contributed by atoms with E-state index in [-0.39, 0.29) is 5.91 Å². The van der Waals surface area contributed by atoms with Gasteiger partial charge in [-0.1, -0.05) is 60.7 Å². The molecule has 0 saturated carbocycles. The van der Waals surface area contributed by atoms with Crippen LogP contribution in [0, 0.1) is 0 Å². The molecule has 0 spiro atoms. The van der Waals surface area contributed by atoms with Gasteiger partial charge in [0.1, 0.15) is 0 Å². The number of carbonyl (C=O) groups excluding carboxylic acids is 1. The maximum atomic E-state index is 12.9. The fraction of sp³-hybridized carbons (Fsp3) is 0.0952. The third-order valence-corrected chi connectivity index (χ3v) is 4.54. The van der Waals surface area contributed by atoms with Crippen molar-refractivity contribution >= 4 is 28.9 Å². The number of anilines is 2. The van der Waals surface area contributed by atoms with Gasteiger partial charge in [0.15, 0.2) is 0 Å². The smallest absolute Gasteiger partial charge is 0.232 e. The number of amides is 1. The monoisotopic (exact) mass is 333 g/mol. The Labute approximate surface area is 146 Å². The Kier molecular flexibility index (Phi) is 3.83. The predicted molar refractivity (Wildman–Crippen MR) is 99.8 cm³/mol. The molecule has 4 rings (SSSR count). The molecule has 24 heavy (non-hydrogen) atoms. The normalized spacial score (nSPS) is 12.0. The topological polar surface area (TPSA) is 20.3 Å². The highest BCUT2D eigenvalue weighted by molar-refractivity contribution is 6.20. The molecule has 0 aromatic heterocycles. The largest absolute Gasteiger partial charge is 0.280 e. The molecule has 0 N–H and O–H groups in total. The lowest BCUT2D eigenvalue weighted by atomic mass is 9.95. The summed E-state index contributed by atoms with van der Waals surface area (Å²) in [4.78, 5) is 14.7. The number of hydrogen-bond acceptors (Lipinski definition) is 1. The molecule has 1 aliphatic heterocycles. The van der Waals surface area contributed by atoms with Crippen LogP contribution in [-0.4, -0.2) is 11.8 Å². The Morgan fingerprint density at radius 3 is 1.58 bits per heavy atom. The lowest BCUT2D eigenvalue weighted by molar-refractivity contribution is -0.117. The summed E-state index contributed by atoms with van der Waals surface area (Å²) < 4.78 is 0. The number of carbonyl (C=O) groups is 1. The molecule has 0 radical (unpaired) electrons. The molecule has 0 saturated heterocycles. The van der Waals surface area contributed by atoms with Gasteiger partial charge in [-0.3, -0.25) is 9.69 Å². The quantitative estimate of drug-likeness (QED) is 0.557. The van der Waals surface area contributed by atoms with Crippen molar-refractivity contribution in [3.8, 4) is 22.3 Å². The second-order valence-electron chi connectivity index (χ2n) is 5.75. The summed E-state index contributed by atoms with van der Waals surface area (Å²) in [5, 5.41) is 0. The molecule has 1 heterocycles. The van der Waals surface area contributed by atoms with Crippen LogP contribution in [0.5, 0.6) is 0 Å². The fourth-order valence-electron chi connectivity index (χ4n) is 3.34. The highest BCUT2D eigenvalue weighted by atomic mass is 35.5.